The predicted octanol–water partition coefficient (Wildman–Crippen LogP) is 3.97. The molecule has 174 valence electrons. The third kappa shape index (κ3) is 4.12. The van der Waals surface area contributed by atoms with Gasteiger partial charge in [-0.2, -0.15) is 18.3 Å². The van der Waals surface area contributed by atoms with Gasteiger partial charge in [0.1, 0.15) is 17.5 Å². The van der Waals surface area contributed by atoms with E-state index < -0.39 is 17.6 Å². The molecule has 3 aromatic heterocycles. The van der Waals surface area contributed by atoms with Gasteiger partial charge in [-0.15, -0.1) is 0 Å². The molecule has 1 fully saturated rings. The van der Waals surface area contributed by atoms with Crippen LogP contribution < -0.4 is 15.0 Å². The van der Waals surface area contributed by atoms with Crippen LogP contribution in [0.4, 0.5) is 24.5 Å². The molecule has 8 nitrogen and oxygen atoms in total. The lowest BCUT2D eigenvalue weighted by Gasteiger charge is -2.40. The van der Waals surface area contributed by atoms with Gasteiger partial charge in [-0.1, -0.05) is 6.07 Å². The van der Waals surface area contributed by atoms with Crippen LogP contribution >= 0.6 is 0 Å². The fraction of sp³-hybridized carbons (Fsp3) is 0.217. The zero-order valence-corrected chi connectivity index (χ0v) is 18.0. The Bertz CT molecular complexity index is 1360. The molecule has 1 aliphatic heterocycles. The molecule has 1 saturated heterocycles. The lowest BCUT2D eigenvalue weighted by Crippen LogP contribution is -2.54. The highest BCUT2D eigenvalue weighted by Crippen LogP contribution is 2.31. The van der Waals surface area contributed by atoms with E-state index in [1.54, 1.807) is 48.1 Å². The van der Waals surface area contributed by atoms with Crippen molar-refractivity contribution in [1.29, 1.82) is 0 Å². The third-order valence-electron chi connectivity index (χ3n) is 5.60. The molecule has 0 unspecified atom stereocenters. The van der Waals surface area contributed by atoms with Gasteiger partial charge >= 0.3 is 6.18 Å². The van der Waals surface area contributed by atoms with Crippen molar-refractivity contribution in [2.24, 2.45) is 0 Å². The maximum Gasteiger partial charge on any atom is 0.417 e. The fourth-order valence-corrected chi connectivity index (χ4v) is 3.78. The largest absolute Gasteiger partial charge is 0.486 e. The van der Waals surface area contributed by atoms with Crippen molar-refractivity contribution in [2.75, 3.05) is 23.3 Å². The smallest absolute Gasteiger partial charge is 0.417 e. The third-order valence-corrected chi connectivity index (χ3v) is 5.60. The standard InChI is InChI=1S/C23H19F3N6O2/c1-14-18(22(33)30-16-8-15(9-27-10-16)23(24,25)26)4-2-5-20(14)34-17-12-31(13-17)19-11-29-32-7-3-6-28-21(19)32/h2-11,17H,12-13H2,1H3,(H,30,33). The Balaban J connectivity index is 1.26. The molecule has 4 heterocycles. The summed E-state index contributed by atoms with van der Waals surface area (Å²) < 4.78 is 46.6. The predicted molar refractivity (Wildman–Crippen MR) is 118 cm³/mol. The van der Waals surface area contributed by atoms with E-state index >= 15 is 0 Å². The monoisotopic (exact) mass is 468 g/mol. The minimum Gasteiger partial charge on any atom is -0.486 e. The number of nitrogens with zero attached hydrogens (tertiary/aromatic N) is 5. The molecule has 0 radical (unpaired) electrons. The van der Waals surface area contributed by atoms with E-state index in [1.807, 2.05) is 6.20 Å². The van der Waals surface area contributed by atoms with Gasteiger partial charge < -0.3 is 15.0 Å². The van der Waals surface area contributed by atoms with Crippen LogP contribution in [0.15, 0.2) is 61.3 Å². The number of fused-ring (bicyclic) bond motifs is 1. The molecule has 34 heavy (non-hydrogen) atoms. The number of carbonyl (C=O) groups is 1. The van der Waals surface area contributed by atoms with Gasteiger partial charge in [0.05, 0.1) is 36.7 Å². The van der Waals surface area contributed by atoms with Gasteiger partial charge in [0, 0.05) is 29.7 Å². The van der Waals surface area contributed by atoms with E-state index in [1.165, 1.54) is 6.20 Å². The molecule has 1 N–H and O–H groups in total. The van der Waals surface area contributed by atoms with Gasteiger partial charge in [0.2, 0.25) is 0 Å². The van der Waals surface area contributed by atoms with E-state index in [4.69, 9.17) is 4.74 Å². The van der Waals surface area contributed by atoms with E-state index in [-0.39, 0.29) is 11.8 Å². The number of nitrogens with one attached hydrogen (secondary N) is 1. The summed E-state index contributed by atoms with van der Waals surface area (Å²) in [5.74, 6) is -0.00537. The molecule has 0 aliphatic carbocycles. The molecule has 4 aromatic rings. The average Bonchev–Trinajstić information content (AvgIpc) is 3.20. The van der Waals surface area contributed by atoms with E-state index in [9.17, 15) is 18.0 Å². The number of ether oxygens (including phenoxy) is 1. The summed E-state index contributed by atoms with van der Waals surface area (Å²) in [6.45, 7) is 2.99. The lowest BCUT2D eigenvalue weighted by molar-refractivity contribution is -0.137. The summed E-state index contributed by atoms with van der Waals surface area (Å²) in [6, 6.07) is 7.68. The van der Waals surface area contributed by atoms with Gasteiger partial charge in [0.15, 0.2) is 5.65 Å². The van der Waals surface area contributed by atoms with Gasteiger partial charge in [-0.05, 0) is 31.2 Å². The average molecular weight is 468 g/mol. The Morgan fingerprint density at radius 1 is 1.18 bits per heavy atom. The zero-order valence-electron chi connectivity index (χ0n) is 18.0. The minimum atomic E-state index is -4.55. The SMILES string of the molecule is Cc1c(OC2CN(c3cnn4cccnc34)C2)cccc1C(=O)Nc1cncc(C(F)(F)F)c1. The summed E-state index contributed by atoms with van der Waals surface area (Å²) in [7, 11) is 0. The first-order valence-corrected chi connectivity index (χ1v) is 10.4. The van der Waals surface area contributed by atoms with Gasteiger partial charge in [-0.25, -0.2) is 9.50 Å². The Hall–Kier alpha value is -4.15. The number of hydrogen-bond donors (Lipinski definition) is 1. The summed E-state index contributed by atoms with van der Waals surface area (Å²) >= 11 is 0. The second kappa shape index (κ2) is 8.32. The molecule has 1 aromatic carbocycles. The summed E-state index contributed by atoms with van der Waals surface area (Å²) in [5.41, 5.74) is 1.60. The number of halogens is 3. The first kappa shape index (κ1) is 21.7. The van der Waals surface area contributed by atoms with Crippen LogP contribution in [0.25, 0.3) is 5.65 Å². The second-order valence-electron chi connectivity index (χ2n) is 7.91. The maximum absolute atomic E-state index is 12.9. The Morgan fingerprint density at radius 3 is 2.79 bits per heavy atom. The van der Waals surface area contributed by atoms with E-state index in [2.05, 4.69) is 25.3 Å². The van der Waals surface area contributed by atoms with Crippen LogP contribution in [-0.2, 0) is 6.18 Å². The number of aromatic nitrogens is 4. The first-order valence-electron chi connectivity index (χ1n) is 10.4. The zero-order chi connectivity index (χ0) is 23.9. The van der Waals surface area contributed by atoms with Crippen molar-refractivity contribution in [1.82, 2.24) is 19.6 Å². The Labute approximate surface area is 192 Å². The number of rotatable bonds is 5. The molecule has 11 heteroatoms. The van der Waals surface area contributed by atoms with Crippen molar-refractivity contribution in [3.63, 3.8) is 0 Å². The Morgan fingerprint density at radius 2 is 2.00 bits per heavy atom. The number of benzene rings is 1. The molecule has 1 aliphatic rings. The van der Waals surface area contributed by atoms with Crippen LogP contribution in [0.2, 0.25) is 0 Å². The summed E-state index contributed by atoms with van der Waals surface area (Å²) in [4.78, 5) is 22.8. The number of amides is 1. The molecular formula is C23H19F3N6O2. The normalized spacial score (nSPS) is 14.2. The first-order chi connectivity index (χ1) is 16.3. The lowest BCUT2D eigenvalue weighted by atomic mass is 10.1. The van der Waals surface area contributed by atoms with Crippen LogP contribution in [0, 0.1) is 6.92 Å². The highest BCUT2D eigenvalue weighted by Gasteiger charge is 2.32. The second-order valence-corrected chi connectivity index (χ2v) is 7.91. The molecule has 1 amide bonds. The summed E-state index contributed by atoms with van der Waals surface area (Å²) in [5, 5.41) is 6.77. The molecule has 5 rings (SSSR count). The van der Waals surface area contributed by atoms with Crippen molar-refractivity contribution >= 4 is 22.9 Å². The number of carbonyl (C=O) groups excluding carboxylic acids is 1. The van der Waals surface area contributed by atoms with Gasteiger partial charge in [0.25, 0.3) is 5.91 Å². The van der Waals surface area contributed by atoms with Crippen molar-refractivity contribution < 1.29 is 22.7 Å². The van der Waals surface area contributed by atoms with Crippen LogP contribution in [0.3, 0.4) is 0 Å². The summed E-state index contributed by atoms with van der Waals surface area (Å²) in [6.07, 6.45) is 2.54. The number of alkyl halides is 3. The van der Waals surface area contributed by atoms with Gasteiger partial charge in [-0.3, -0.25) is 9.78 Å². The minimum absolute atomic E-state index is 0.0396. The number of pyridine rings is 1. The molecule has 0 atom stereocenters. The highest BCUT2D eigenvalue weighted by atomic mass is 19.4. The van der Waals surface area contributed by atoms with Crippen LogP contribution in [0.5, 0.6) is 5.75 Å². The van der Waals surface area contributed by atoms with E-state index in [0.29, 0.717) is 36.2 Å². The van der Waals surface area contributed by atoms with Crippen molar-refractivity contribution in [2.45, 2.75) is 19.2 Å². The number of anilines is 2. The quantitative estimate of drug-likeness (QED) is 0.477. The van der Waals surface area contributed by atoms with Crippen molar-refractivity contribution in [3.05, 3.63) is 78.0 Å². The maximum atomic E-state index is 12.9. The molecule has 0 saturated carbocycles. The number of hydrogen-bond acceptors (Lipinski definition) is 6. The molecular weight excluding hydrogens is 449 g/mol. The molecule has 0 spiro atoms. The topological polar surface area (TPSA) is 84.6 Å². The van der Waals surface area contributed by atoms with Crippen LogP contribution in [-0.4, -0.2) is 44.7 Å². The highest BCUT2D eigenvalue weighted by molar-refractivity contribution is 6.05. The van der Waals surface area contributed by atoms with E-state index in [0.717, 1.165) is 17.4 Å². The Kier molecular flexibility index (Phi) is 5.31. The van der Waals surface area contributed by atoms with Crippen LogP contribution in [0.1, 0.15) is 21.5 Å². The van der Waals surface area contributed by atoms with Crippen molar-refractivity contribution in [3.8, 4) is 5.75 Å². The molecule has 0 bridgehead atoms. The fourth-order valence-electron chi connectivity index (χ4n) is 3.78.